The lowest BCUT2D eigenvalue weighted by Gasteiger charge is -2.11. The smallest absolute Gasteiger partial charge is 0.343 e. The van der Waals surface area contributed by atoms with Gasteiger partial charge in [-0.1, -0.05) is 56.5 Å². The Hall–Kier alpha value is -4.91. The predicted octanol–water partition coefficient (Wildman–Crippen LogP) is 8.09. The molecule has 7 heteroatoms. The fourth-order valence-electron chi connectivity index (χ4n) is 3.70. The van der Waals surface area contributed by atoms with E-state index in [9.17, 15) is 14.9 Å². The molecule has 0 aliphatic heterocycles. The Morgan fingerprint density at radius 1 is 0.816 bits per heavy atom. The Morgan fingerprint density at radius 3 is 1.84 bits per heavy atom. The Labute approximate surface area is 222 Å². The third-order valence-corrected chi connectivity index (χ3v) is 5.44. The van der Waals surface area contributed by atoms with Crippen LogP contribution in [0.15, 0.2) is 104 Å². The lowest BCUT2D eigenvalue weighted by atomic mass is 10.0. The van der Waals surface area contributed by atoms with E-state index in [1.807, 2.05) is 50.2 Å². The largest absolute Gasteiger partial charge is 0.484 e. The number of nitro groups is 1. The van der Waals surface area contributed by atoms with E-state index in [0.717, 1.165) is 16.7 Å². The van der Waals surface area contributed by atoms with Crippen molar-refractivity contribution in [2.45, 2.75) is 27.4 Å². The van der Waals surface area contributed by atoms with E-state index in [4.69, 9.17) is 14.2 Å². The molecule has 0 saturated heterocycles. The van der Waals surface area contributed by atoms with Crippen LogP contribution in [0, 0.1) is 10.1 Å². The van der Waals surface area contributed by atoms with Crippen molar-refractivity contribution in [3.63, 3.8) is 0 Å². The second kappa shape index (κ2) is 12.4. The van der Waals surface area contributed by atoms with Crippen molar-refractivity contribution in [1.82, 2.24) is 0 Å². The van der Waals surface area contributed by atoms with Crippen LogP contribution in [0.25, 0.3) is 22.3 Å². The van der Waals surface area contributed by atoms with Gasteiger partial charge in [0.25, 0.3) is 0 Å². The molecule has 4 rings (SSSR count). The standard InChI is InChI=1S/C30H25NO6.CH4/c1-4-35-26-14-9-22(10-15-26)21-5-7-24(8-6-21)30(32)37-27-16-11-23(12-17-27)25-13-18-29(36-20(2)3)28(19-25)31(33)34;/h4-20H,1H2,2-3H3;1H4. The molecule has 0 fully saturated rings. The first kappa shape index (κ1) is 27.7. The summed E-state index contributed by atoms with van der Waals surface area (Å²) in [5.74, 6) is 0.796. The molecular weight excluding hydrogens is 482 g/mol. The first-order chi connectivity index (χ1) is 17.8. The van der Waals surface area contributed by atoms with Gasteiger partial charge >= 0.3 is 11.7 Å². The number of carbonyl (C=O) groups excluding carboxylic acids is 1. The highest BCUT2D eigenvalue weighted by Gasteiger charge is 2.18. The maximum Gasteiger partial charge on any atom is 0.343 e. The third-order valence-electron chi connectivity index (χ3n) is 5.44. The van der Waals surface area contributed by atoms with E-state index in [1.54, 1.807) is 48.5 Å². The Kier molecular flexibility index (Phi) is 9.00. The van der Waals surface area contributed by atoms with Crippen LogP contribution in [0.4, 0.5) is 5.69 Å². The molecule has 0 unspecified atom stereocenters. The third kappa shape index (κ3) is 6.64. The summed E-state index contributed by atoms with van der Waals surface area (Å²) in [6, 6.07) is 26.3. The van der Waals surface area contributed by atoms with Gasteiger partial charge in [0.15, 0.2) is 5.75 Å². The summed E-state index contributed by atoms with van der Waals surface area (Å²) in [5.41, 5.74) is 3.64. The number of nitro benzene ring substituents is 1. The van der Waals surface area contributed by atoms with Gasteiger partial charge < -0.3 is 14.2 Å². The van der Waals surface area contributed by atoms with Crippen molar-refractivity contribution in [1.29, 1.82) is 0 Å². The molecule has 0 bridgehead atoms. The highest BCUT2D eigenvalue weighted by atomic mass is 16.6. The van der Waals surface area contributed by atoms with Crippen LogP contribution >= 0.6 is 0 Å². The molecule has 38 heavy (non-hydrogen) atoms. The zero-order valence-electron chi connectivity index (χ0n) is 20.4. The lowest BCUT2D eigenvalue weighted by Crippen LogP contribution is -2.08. The van der Waals surface area contributed by atoms with Crippen molar-refractivity contribution in [3.8, 4) is 39.5 Å². The van der Waals surface area contributed by atoms with Crippen molar-refractivity contribution in [2.75, 3.05) is 0 Å². The van der Waals surface area contributed by atoms with Crippen molar-refractivity contribution in [2.24, 2.45) is 0 Å². The molecule has 7 nitrogen and oxygen atoms in total. The fourth-order valence-corrected chi connectivity index (χ4v) is 3.70. The van der Waals surface area contributed by atoms with Crippen LogP contribution in [0.5, 0.6) is 17.2 Å². The van der Waals surface area contributed by atoms with Gasteiger partial charge in [-0.3, -0.25) is 10.1 Å². The summed E-state index contributed by atoms with van der Waals surface area (Å²) in [4.78, 5) is 23.7. The molecule has 0 spiro atoms. The molecule has 0 N–H and O–H groups in total. The Morgan fingerprint density at radius 2 is 1.32 bits per heavy atom. The summed E-state index contributed by atoms with van der Waals surface area (Å²) < 4.78 is 16.3. The summed E-state index contributed by atoms with van der Waals surface area (Å²) in [5, 5.41) is 11.5. The number of hydrogen-bond donors (Lipinski definition) is 0. The van der Waals surface area contributed by atoms with Crippen molar-refractivity contribution in [3.05, 3.63) is 120 Å². The summed E-state index contributed by atoms with van der Waals surface area (Å²) in [7, 11) is 0. The lowest BCUT2D eigenvalue weighted by molar-refractivity contribution is -0.386. The number of carbonyl (C=O) groups is 1. The molecule has 4 aromatic carbocycles. The maximum absolute atomic E-state index is 12.6. The van der Waals surface area contributed by atoms with E-state index >= 15 is 0 Å². The predicted molar refractivity (Wildman–Crippen MR) is 149 cm³/mol. The Bertz CT molecular complexity index is 1410. The SMILES string of the molecule is C.C=COc1ccc(-c2ccc(C(=O)Oc3ccc(-c4ccc(OC(C)C)c([N+](=O)[O-])c4)cc3)cc2)cc1. The molecule has 4 aromatic rings. The molecular formula is C31H29NO6. The maximum atomic E-state index is 12.6. The number of rotatable bonds is 9. The van der Waals surface area contributed by atoms with E-state index in [2.05, 4.69) is 6.58 Å². The van der Waals surface area contributed by atoms with Gasteiger partial charge in [-0.05, 0) is 78.6 Å². The normalized spacial score (nSPS) is 10.3. The number of ether oxygens (including phenoxy) is 3. The van der Waals surface area contributed by atoms with E-state index in [-0.39, 0.29) is 25.0 Å². The number of nitrogens with zero attached hydrogens (tertiary/aromatic N) is 1. The van der Waals surface area contributed by atoms with Gasteiger partial charge in [0.1, 0.15) is 11.5 Å². The molecule has 0 aliphatic carbocycles. The first-order valence-electron chi connectivity index (χ1n) is 11.6. The van der Waals surface area contributed by atoms with Gasteiger partial charge in [-0.15, -0.1) is 0 Å². The summed E-state index contributed by atoms with van der Waals surface area (Å²) >= 11 is 0. The van der Waals surface area contributed by atoms with E-state index in [1.165, 1.54) is 12.3 Å². The monoisotopic (exact) mass is 511 g/mol. The van der Waals surface area contributed by atoms with Crippen molar-refractivity contribution < 1.29 is 23.9 Å². The summed E-state index contributed by atoms with van der Waals surface area (Å²) in [6.07, 6.45) is 1.19. The van der Waals surface area contributed by atoms with Crippen LogP contribution in [0.3, 0.4) is 0 Å². The van der Waals surface area contributed by atoms with Gasteiger partial charge in [0.2, 0.25) is 0 Å². The van der Waals surface area contributed by atoms with Gasteiger partial charge in [-0.2, -0.15) is 0 Å². The highest BCUT2D eigenvalue weighted by molar-refractivity contribution is 5.91. The minimum absolute atomic E-state index is 0. The second-order valence-electron chi connectivity index (χ2n) is 8.41. The molecule has 0 atom stereocenters. The van der Waals surface area contributed by atoms with Crippen LogP contribution in [0.1, 0.15) is 31.6 Å². The van der Waals surface area contributed by atoms with E-state index in [0.29, 0.717) is 22.6 Å². The quantitative estimate of drug-likeness (QED) is 0.0742. The fraction of sp³-hybridized carbons (Fsp3) is 0.129. The van der Waals surface area contributed by atoms with Crippen LogP contribution in [-0.2, 0) is 0 Å². The molecule has 0 aliphatic rings. The molecule has 0 radical (unpaired) electrons. The highest BCUT2D eigenvalue weighted by Crippen LogP contribution is 2.33. The number of esters is 1. The van der Waals surface area contributed by atoms with Gasteiger partial charge in [-0.25, -0.2) is 4.79 Å². The molecule has 0 heterocycles. The zero-order valence-corrected chi connectivity index (χ0v) is 20.4. The minimum atomic E-state index is -0.486. The van der Waals surface area contributed by atoms with Crippen LogP contribution in [0.2, 0.25) is 0 Å². The van der Waals surface area contributed by atoms with Crippen LogP contribution < -0.4 is 14.2 Å². The number of benzene rings is 4. The van der Waals surface area contributed by atoms with Gasteiger partial charge in [0, 0.05) is 6.07 Å². The average Bonchev–Trinajstić information content (AvgIpc) is 2.90. The van der Waals surface area contributed by atoms with Gasteiger partial charge in [0.05, 0.1) is 22.9 Å². The first-order valence-corrected chi connectivity index (χ1v) is 11.6. The zero-order chi connectivity index (χ0) is 26.4. The molecule has 194 valence electrons. The second-order valence-corrected chi connectivity index (χ2v) is 8.41. The molecule has 0 amide bonds. The van der Waals surface area contributed by atoms with Crippen LogP contribution in [-0.4, -0.2) is 17.0 Å². The van der Waals surface area contributed by atoms with E-state index < -0.39 is 10.9 Å². The molecule has 0 saturated carbocycles. The summed E-state index contributed by atoms with van der Waals surface area (Å²) in [6.45, 7) is 7.16. The average molecular weight is 512 g/mol. The topological polar surface area (TPSA) is 87.9 Å². The van der Waals surface area contributed by atoms with Crippen molar-refractivity contribution >= 4 is 11.7 Å². The number of hydrogen-bond acceptors (Lipinski definition) is 6. The Balaban J connectivity index is 0.00000400. The minimum Gasteiger partial charge on any atom is -0.484 e. The molecule has 0 aromatic heterocycles.